The molecule has 0 atom stereocenters. The molecule has 1 amide bonds. The molecule has 1 aromatic carbocycles. The van der Waals surface area contributed by atoms with Gasteiger partial charge in [0.05, 0.1) is 9.77 Å². The molecule has 0 saturated carbocycles. The Labute approximate surface area is 127 Å². The van der Waals surface area contributed by atoms with Crippen molar-refractivity contribution in [3.63, 3.8) is 0 Å². The quantitative estimate of drug-likeness (QED) is 0.793. The van der Waals surface area contributed by atoms with Gasteiger partial charge in [-0.25, -0.2) is 13.6 Å². The van der Waals surface area contributed by atoms with E-state index in [-0.39, 0.29) is 10.8 Å². The molecule has 0 fully saturated rings. The van der Waals surface area contributed by atoms with E-state index in [1.165, 1.54) is 23.5 Å². The average molecular weight is 324 g/mol. The van der Waals surface area contributed by atoms with E-state index in [1.54, 1.807) is 18.2 Å². The fourth-order valence-electron chi connectivity index (χ4n) is 1.84. The normalized spacial score (nSPS) is 11.3. The predicted molar refractivity (Wildman–Crippen MR) is 82.8 cm³/mol. The van der Waals surface area contributed by atoms with Gasteiger partial charge in [-0.05, 0) is 42.0 Å². The monoisotopic (exact) mass is 324 g/mol. The van der Waals surface area contributed by atoms with Crippen LogP contribution in [0.2, 0.25) is 0 Å². The van der Waals surface area contributed by atoms with Crippen LogP contribution in [0.15, 0.2) is 46.7 Å². The van der Waals surface area contributed by atoms with Crippen LogP contribution in [-0.2, 0) is 16.4 Å². The van der Waals surface area contributed by atoms with Crippen LogP contribution in [0.5, 0.6) is 0 Å². The van der Waals surface area contributed by atoms with Crippen molar-refractivity contribution in [1.29, 1.82) is 0 Å². The van der Waals surface area contributed by atoms with Crippen LogP contribution in [0.25, 0.3) is 0 Å². The molecular weight excluding hydrogens is 308 g/mol. The number of nitrogens with one attached hydrogen (secondary N) is 1. The van der Waals surface area contributed by atoms with Gasteiger partial charge in [0.15, 0.2) is 0 Å². The number of carbonyl (C=O) groups is 1. The lowest BCUT2D eigenvalue weighted by Gasteiger charge is -2.05. The summed E-state index contributed by atoms with van der Waals surface area (Å²) in [7, 11) is -3.64. The fourth-order valence-corrected chi connectivity index (χ4v) is 2.99. The van der Waals surface area contributed by atoms with E-state index in [2.05, 4.69) is 5.32 Å². The van der Waals surface area contributed by atoms with Crippen LogP contribution in [-0.4, -0.2) is 20.9 Å². The summed E-state index contributed by atoms with van der Waals surface area (Å²) >= 11 is 1.41. The van der Waals surface area contributed by atoms with Crippen LogP contribution in [0.1, 0.15) is 21.7 Å². The minimum absolute atomic E-state index is 0.0606. The first-order valence-corrected chi connectivity index (χ1v) is 8.83. The van der Waals surface area contributed by atoms with E-state index in [0.717, 1.165) is 18.4 Å². The molecule has 1 aromatic heterocycles. The molecule has 0 spiro atoms. The molecule has 7 heteroatoms. The minimum atomic E-state index is -3.64. The topological polar surface area (TPSA) is 89.3 Å². The summed E-state index contributed by atoms with van der Waals surface area (Å²) in [4.78, 5) is 12.5. The van der Waals surface area contributed by atoms with Crippen molar-refractivity contribution in [2.45, 2.75) is 17.7 Å². The third kappa shape index (κ3) is 4.66. The lowest BCUT2D eigenvalue weighted by molar-refractivity contribution is 0.0957. The minimum Gasteiger partial charge on any atom is -0.351 e. The number of primary sulfonamides is 1. The van der Waals surface area contributed by atoms with Crippen LogP contribution in [0, 0.1) is 0 Å². The Hall–Kier alpha value is -1.70. The summed E-state index contributed by atoms with van der Waals surface area (Å²) < 4.78 is 22.2. The van der Waals surface area contributed by atoms with E-state index < -0.39 is 10.0 Å². The summed E-state index contributed by atoms with van der Waals surface area (Å²) in [5, 5.41) is 9.74. The van der Waals surface area contributed by atoms with E-state index in [4.69, 9.17) is 5.14 Å². The summed E-state index contributed by atoms with van der Waals surface area (Å²) in [6.45, 7) is 0.577. The van der Waals surface area contributed by atoms with Crippen molar-refractivity contribution < 1.29 is 13.2 Å². The Morgan fingerprint density at radius 3 is 2.48 bits per heavy atom. The number of amides is 1. The van der Waals surface area contributed by atoms with Crippen molar-refractivity contribution in [2.75, 3.05) is 6.54 Å². The molecule has 2 aromatic rings. The lowest BCUT2D eigenvalue weighted by atomic mass is 10.1. The molecular formula is C14H16N2O3S2. The largest absolute Gasteiger partial charge is 0.351 e. The number of carbonyl (C=O) groups excluding carboxylic acids is 1. The molecule has 0 aliphatic heterocycles. The molecule has 0 unspecified atom stereocenters. The highest BCUT2D eigenvalue weighted by atomic mass is 32.2. The number of aryl methyl sites for hydroxylation is 1. The van der Waals surface area contributed by atoms with Crippen molar-refractivity contribution in [3.8, 4) is 0 Å². The van der Waals surface area contributed by atoms with E-state index >= 15 is 0 Å². The van der Waals surface area contributed by atoms with Gasteiger partial charge in [0.25, 0.3) is 5.91 Å². The van der Waals surface area contributed by atoms with Crippen LogP contribution in [0.4, 0.5) is 0 Å². The van der Waals surface area contributed by atoms with E-state index in [0.29, 0.717) is 11.4 Å². The molecule has 3 N–H and O–H groups in total. The molecule has 5 nitrogen and oxygen atoms in total. The number of rotatable bonds is 6. The van der Waals surface area contributed by atoms with Crippen molar-refractivity contribution in [3.05, 3.63) is 52.2 Å². The summed E-state index contributed by atoms with van der Waals surface area (Å²) in [6.07, 6.45) is 1.54. The molecule has 1 heterocycles. The Kier molecular flexibility index (Phi) is 5.11. The predicted octanol–water partition coefficient (Wildman–Crippen LogP) is 1.76. The van der Waals surface area contributed by atoms with Gasteiger partial charge in [-0.1, -0.05) is 18.2 Å². The maximum absolute atomic E-state index is 11.7. The second kappa shape index (κ2) is 6.84. The summed E-state index contributed by atoms with van der Waals surface area (Å²) in [5.74, 6) is -0.0606. The van der Waals surface area contributed by atoms with Gasteiger partial charge in [-0.2, -0.15) is 0 Å². The van der Waals surface area contributed by atoms with Crippen molar-refractivity contribution >= 4 is 27.3 Å². The number of hydrogen-bond acceptors (Lipinski definition) is 4. The van der Waals surface area contributed by atoms with Gasteiger partial charge in [-0.3, -0.25) is 4.79 Å². The lowest BCUT2D eigenvalue weighted by Crippen LogP contribution is -2.23. The van der Waals surface area contributed by atoms with Crippen molar-refractivity contribution in [2.24, 2.45) is 5.14 Å². The molecule has 0 radical (unpaired) electrons. The summed E-state index contributed by atoms with van der Waals surface area (Å²) in [5.41, 5.74) is 1.01. The zero-order chi connectivity index (χ0) is 15.3. The van der Waals surface area contributed by atoms with E-state index in [1.807, 2.05) is 11.4 Å². The third-order valence-corrected chi connectivity index (χ3v) is 4.72. The highest BCUT2D eigenvalue weighted by Crippen LogP contribution is 2.10. The van der Waals surface area contributed by atoms with Gasteiger partial charge < -0.3 is 5.32 Å². The van der Waals surface area contributed by atoms with Gasteiger partial charge in [0, 0.05) is 6.54 Å². The molecule has 0 aliphatic carbocycles. The number of sulfonamides is 1. The zero-order valence-corrected chi connectivity index (χ0v) is 12.9. The first-order valence-electron chi connectivity index (χ1n) is 6.40. The number of benzene rings is 1. The fraction of sp³-hybridized carbons (Fsp3) is 0.214. The van der Waals surface area contributed by atoms with E-state index in [9.17, 15) is 13.2 Å². The smallest absolute Gasteiger partial charge is 0.261 e. The Balaban J connectivity index is 1.78. The van der Waals surface area contributed by atoms with Gasteiger partial charge in [0.1, 0.15) is 0 Å². The van der Waals surface area contributed by atoms with Crippen molar-refractivity contribution in [1.82, 2.24) is 5.32 Å². The van der Waals surface area contributed by atoms with Crippen LogP contribution in [0.3, 0.4) is 0 Å². The van der Waals surface area contributed by atoms with Crippen LogP contribution >= 0.6 is 11.3 Å². The number of nitrogens with two attached hydrogens (primary N) is 1. The SMILES string of the molecule is NS(=O)(=O)c1ccc(CCCNC(=O)c2cccs2)cc1. The second-order valence-electron chi connectivity index (χ2n) is 4.53. The Morgan fingerprint density at radius 1 is 1.19 bits per heavy atom. The molecule has 0 bridgehead atoms. The Bertz CT molecular complexity index is 692. The number of thiophene rings is 1. The Morgan fingerprint density at radius 2 is 1.90 bits per heavy atom. The summed E-state index contributed by atoms with van der Waals surface area (Å²) in [6, 6.07) is 10.1. The van der Waals surface area contributed by atoms with Gasteiger partial charge in [-0.15, -0.1) is 11.3 Å². The highest BCUT2D eigenvalue weighted by Gasteiger charge is 2.07. The molecule has 0 saturated heterocycles. The van der Waals surface area contributed by atoms with Crippen LogP contribution < -0.4 is 10.5 Å². The molecule has 2 rings (SSSR count). The first-order chi connectivity index (χ1) is 9.97. The zero-order valence-electron chi connectivity index (χ0n) is 11.3. The first kappa shape index (κ1) is 15.7. The third-order valence-electron chi connectivity index (χ3n) is 2.92. The standard InChI is InChI=1S/C14H16N2O3S2/c15-21(18,19)12-7-5-11(6-8-12)3-1-9-16-14(17)13-4-2-10-20-13/h2,4-8,10H,1,3,9H2,(H,16,17)(H2,15,18,19). The van der Waals surface area contributed by atoms with Gasteiger partial charge in [0.2, 0.25) is 10.0 Å². The molecule has 0 aliphatic rings. The highest BCUT2D eigenvalue weighted by molar-refractivity contribution is 7.89. The number of hydrogen-bond donors (Lipinski definition) is 2. The molecule has 112 valence electrons. The molecule has 21 heavy (non-hydrogen) atoms. The maximum atomic E-state index is 11.7. The second-order valence-corrected chi connectivity index (χ2v) is 7.03. The van der Waals surface area contributed by atoms with Gasteiger partial charge >= 0.3 is 0 Å². The average Bonchev–Trinajstić information content (AvgIpc) is 2.97. The maximum Gasteiger partial charge on any atom is 0.261 e.